The van der Waals surface area contributed by atoms with Crippen molar-refractivity contribution in [3.63, 3.8) is 0 Å². The van der Waals surface area contributed by atoms with Crippen molar-refractivity contribution in [3.05, 3.63) is 75.1 Å². The summed E-state index contributed by atoms with van der Waals surface area (Å²) in [5.41, 5.74) is 3.80. The Balaban J connectivity index is 1.64. The van der Waals surface area contributed by atoms with Crippen LogP contribution in [0.1, 0.15) is 70.4 Å². The molecular weight excluding hydrogens is 550 g/mol. The molecule has 0 aromatic heterocycles. The summed E-state index contributed by atoms with van der Waals surface area (Å²) < 4.78 is 37.1. The molecule has 0 saturated heterocycles. The van der Waals surface area contributed by atoms with Gasteiger partial charge in [-0.15, -0.1) is 0 Å². The van der Waals surface area contributed by atoms with E-state index in [0.717, 1.165) is 17.0 Å². The molecule has 2 aromatic rings. The topological polar surface area (TPSA) is 98.8 Å². The number of dihydropyridines is 1. The van der Waals surface area contributed by atoms with E-state index < -0.39 is 16.0 Å². The molecule has 0 saturated carbocycles. The predicted molar refractivity (Wildman–Crippen MR) is 153 cm³/mol. The van der Waals surface area contributed by atoms with Crippen molar-refractivity contribution in [2.75, 3.05) is 7.11 Å². The van der Waals surface area contributed by atoms with Gasteiger partial charge in [-0.25, -0.2) is 0 Å². The fraction of sp³-hybridized carbons (Fsp3) is 0.419. The molecule has 0 radical (unpaired) electrons. The number of halogens is 1. The van der Waals surface area contributed by atoms with Gasteiger partial charge < -0.3 is 14.2 Å². The number of methoxy groups -OCH3 is 1. The third kappa shape index (κ3) is 5.19. The molecule has 0 amide bonds. The molecule has 1 heterocycles. The summed E-state index contributed by atoms with van der Waals surface area (Å²) in [6.07, 6.45) is 2.04. The van der Waals surface area contributed by atoms with Crippen molar-refractivity contribution in [3.8, 4) is 11.5 Å². The van der Waals surface area contributed by atoms with Crippen molar-refractivity contribution in [2.45, 2.75) is 71.1 Å². The van der Waals surface area contributed by atoms with E-state index in [9.17, 15) is 18.0 Å². The van der Waals surface area contributed by atoms with E-state index in [1.807, 2.05) is 6.92 Å². The Morgan fingerprint density at radius 2 is 1.40 bits per heavy atom. The minimum Gasteiger partial charge on any atom is -0.493 e. The zero-order valence-corrected chi connectivity index (χ0v) is 25.2. The second-order valence-electron chi connectivity index (χ2n) is 12.6. The number of benzene rings is 2. The largest absolute Gasteiger partial charge is 0.493 e. The van der Waals surface area contributed by atoms with Crippen LogP contribution in [0.3, 0.4) is 0 Å². The molecule has 9 heteroatoms. The molecule has 212 valence electrons. The quantitative estimate of drug-likeness (QED) is 0.407. The number of nitrogens with one attached hydrogen (secondary N) is 1. The van der Waals surface area contributed by atoms with Gasteiger partial charge in [-0.05, 0) is 60.4 Å². The number of ether oxygens (including phenoxy) is 1. The Morgan fingerprint density at radius 1 is 0.875 bits per heavy atom. The summed E-state index contributed by atoms with van der Waals surface area (Å²) in [6, 6.07) is 9.48. The van der Waals surface area contributed by atoms with Crippen molar-refractivity contribution in [2.24, 2.45) is 10.8 Å². The zero-order chi connectivity index (χ0) is 29.2. The first-order chi connectivity index (χ1) is 18.6. The predicted octanol–water partition coefficient (Wildman–Crippen LogP) is 6.40. The number of hydrogen-bond acceptors (Lipinski definition) is 7. The van der Waals surface area contributed by atoms with Gasteiger partial charge in [0.2, 0.25) is 5.75 Å². The number of aryl methyl sites for hydroxylation is 1. The number of Topliss-reactive ketones (excluding diaryl/α,β-unsaturated/α-hetero) is 2. The number of hydrogen-bond donors (Lipinski definition) is 1. The molecule has 0 fully saturated rings. The molecule has 40 heavy (non-hydrogen) atoms. The summed E-state index contributed by atoms with van der Waals surface area (Å²) in [7, 11) is -2.82. The molecule has 0 spiro atoms. The molecule has 2 aliphatic carbocycles. The lowest BCUT2D eigenvalue weighted by Gasteiger charge is -2.44. The highest BCUT2D eigenvalue weighted by Crippen LogP contribution is 2.52. The van der Waals surface area contributed by atoms with Gasteiger partial charge in [-0.1, -0.05) is 57.0 Å². The van der Waals surface area contributed by atoms with Crippen LogP contribution in [0.5, 0.6) is 11.5 Å². The second kappa shape index (κ2) is 9.77. The Labute approximate surface area is 240 Å². The Morgan fingerprint density at radius 3 is 1.90 bits per heavy atom. The number of carbonyl (C=O) groups is 2. The Hall–Kier alpha value is -3.10. The Kier molecular flexibility index (Phi) is 6.94. The van der Waals surface area contributed by atoms with Crippen LogP contribution >= 0.6 is 11.6 Å². The molecule has 5 rings (SSSR count). The number of ketones is 2. The highest BCUT2D eigenvalue weighted by Gasteiger charge is 2.46. The summed E-state index contributed by atoms with van der Waals surface area (Å²) >= 11 is 6.68. The van der Waals surface area contributed by atoms with Crippen LogP contribution in [0.25, 0.3) is 0 Å². The van der Waals surface area contributed by atoms with Crippen LogP contribution in [0.4, 0.5) is 0 Å². The van der Waals surface area contributed by atoms with Gasteiger partial charge in [-0.3, -0.25) is 9.59 Å². The summed E-state index contributed by atoms with van der Waals surface area (Å²) in [6.45, 7) is 10.1. The lowest BCUT2D eigenvalue weighted by molar-refractivity contribution is -0.119. The van der Waals surface area contributed by atoms with Crippen LogP contribution < -0.4 is 14.2 Å². The molecule has 7 nitrogen and oxygen atoms in total. The first kappa shape index (κ1) is 28.4. The number of allylic oxidation sites excluding steroid dienone is 4. The SMILES string of the molecule is COc1cc(C2C3=C(CC(C)(C)CC3=O)NC3=C2C(=O)CC(C)(C)C3)cc(Cl)c1OS(=O)(=O)c1ccc(C)cc1. The fourth-order valence-corrected chi connectivity index (χ4v) is 7.33. The van der Waals surface area contributed by atoms with E-state index in [1.165, 1.54) is 19.2 Å². The van der Waals surface area contributed by atoms with Crippen LogP contribution in [-0.2, 0) is 19.7 Å². The molecule has 0 unspecified atom stereocenters. The maximum Gasteiger partial charge on any atom is 0.339 e. The van der Waals surface area contributed by atoms with E-state index in [-0.39, 0.29) is 43.8 Å². The average Bonchev–Trinajstić information content (AvgIpc) is 2.82. The number of rotatable bonds is 5. The van der Waals surface area contributed by atoms with Gasteiger partial charge in [0.15, 0.2) is 17.3 Å². The maximum atomic E-state index is 13.6. The summed E-state index contributed by atoms with van der Waals surface area (Å²) in [4.78, 5) is 27.2. The third-order valence-electron chi connectivity index (χ3n) is 7.81. The second-order valence-corrected chi connectivity index (χ2v) is 14.6. The van der Waals surface area contributed by atoms with E-state index in [1.54, 1.807) is 24.3 Å². The van der Waals surface area contributed by atoms with Crippen LogP contribution in [0.15, 0.2) is 63.8 Å². The fourth-order valence-electron chi connectivity index (χ4n) is 6.07. The minimum absolute atomic E-state index is 0.0000425. The first-order valence-electron chi connectivity index (χ1n) is 13.3. The number of carbonyl (C=O) groups excluding carboxylic acids is 2. The lowest BCUT2D eigenvalue weighted by atomic mass is 9.64. The molecule has 1 aliphatic heterocycles. The summed E-state index contributed by atoms with van der Waals surface area (Å²) in [5, 5.41) is 3.49. The third-order valence-corrected chi connectivity index (χ3v) is 9.32. The van der Waals surface area contributed by atoms with Gasteiger partial charge in [0.25, 0.3) is 0 Å². The maximum absolute atomic E-state index is 13.6. The van der Waals surface area contributed by atoms with Crippen molar-refractivity contribution < 1.29 is 26.9 Å². The molecule has 0 atom stereocenters. The van der Waals surface area contributed by atoms with Crippen molar-refractivity contribution >= 4 is 33.3 Å². The van der Waals surface area contributed by atoms with Crippen LogP contribution in [0.2, 0.25) is 5.02 Å². The Bertz CT molecular complexity index is 1550. The molecular formula is C31H34ClNO6S. The highest BCUT2D eigenvalue weighted by molar-refractivity contribution is 7.87. The normalized spacial score (nSPS) is 20.6. The molecule has 2 aromatic carbocycles. The van der Waals surface area contributed by atoms with E-state index in [0.29, 0.717) is 42.4 Å². The monoisotopic (exact) mass is 583 g/mol. The molecule has 0 bridgehead atoms. The van der Waals surface area contributed by atoms with Gasteiger partial charge in [0.05, 0.1) is 12.1 Å². The molecule has 3 aliphatic rings. The van der Waals surface area contributed by atoms with E-state index in [4.69, 9.17) is 20.5 Å². The van der Waals surface area contributed by atoms with Crippen LogP contribution in [0, 0.1) is 17.8 Å². The first-order valence-corrected chi connectivity index (χ1v) is 15.1. The molecule has 1 N–H and O–H groups in total. The van der Waals surface area contributed by atoms with Gasteiger partial charge >= 0.3 is 10.1 Å². The highest BCUT2D eigenvalue weighted by atomic mass is 35.5. The smallest absolute Gasteiger partial charge is 0.339 e. The average molecular weight is 584 g/mol. The van der Waals surface area contributed by atoms with Crippen molar-refractivity contribution in [1.29, 1.82) is 0 Å². The van der Waals surface area contributed by atoms with Crippen molar-refractivity contribution in [1.82, 2.24) is 5.32 Å². The van der Waals surface area contributed by atoms with Gasteiger partial charge in [-0.2, -0.15) is 8.42 Å². The van der Waals surface area contributed by atoms with Gasteiger partial charge in [0.1, 0.15) is 4.90 Å². The van der Waals surface area contributed by atoms with Crippen LogP contribution in [-0.4, -0.2) is 27.1 Å². The van der Waals surface area contributed by atoms with E-state index >= 15 is 0 Å². The summed E-state index contributed by atoms with van der Waals surface area (Å²) in [5.74, 6) is -0.755. The lowest BCUT2D eigenvalue weighted by Crippen LogP contribution is -2.42. The van der Waals surface area contributed by atoms with E-state index in [2.05, 4.69) is 33.0 Å². The van der Waals surface area contributed by atoms with Gasteiger partial charge in [0, 0.05) is 41.3 Å². The minimum atomic E-state index is -4.21. The zero-order valence-electron chi connectivity index (χ0n) is 23.6. The standard InChI is InChI=1S/C31H34ClNO6S/c1-17-7-9-19(10-8-17)40(36,37)39-29-20(32)11-18(12-25(29)38-6)26-27-21(13-30(2,3)15-23(27)34)33-22-14-31(4,5)16-24(35)28(22)26/h7-12,26,33H,13-16H2,1-6H3.